The SMILES string of the molecule is COc1ccccc1C1CNCCN1C(=O)[C@H]1CCC(=O)N1. The van der Waals surface area contributed by atoms with E-state index in [-0.39, 0.29) is 23.9 Å². The molecule has 0 aliphatic carbocycles. The second-order valence-electron chi connectivity index (χ2n) is 5.65. The van der Waals surface area contributed by atoms with E-state index in [2.05, 4.69) is 10.6 Å². The summed E-state index contributed by atoms with van der Waals surface area (Å²) in [5, 5.41) is 6.10. The lowest BCUT2D eigenvalue weighted by atomic mass is 10.0. The van der Waals surface area contributed by atoms with Gasteiger partial charge in [0.2, 0.25) is 11.8 Å². The second-order valence-corrected chi connectivity index (χ2v) is 5.65. The summed E-state index contributed by atoms with van der Waals surface area (Å²) in [7, 11) is 1.64. The minimum Gasteiger partial charge on any atom is -0.496 e. The van der Waals surface area contributed by atoms with Crippen molar-refractivity contribution >= 4 is 11.8 Å². The Morgan fingerprint density at radius 3 is 2.91 bits per heavy atom. The van der Waals surface area contributed by atoms with Gasteiger partial charge in [0, 0.05) is 31.6 Å². The molecule has 0 aromatic heterocycles. The lowest BCUT2D eigenvalue weighted by Gasteiger charge is -2.38. The molecule has 1 aromatic carbocycles. The summed E-state index contributed by atoms with van der Waals surface area (Å²) in [5.74, 6) is 0.745. The quantitative estimate of drug-likeness (QED) is 0.850. The Kier molecular flexibility index (Phi) is 4.29. The Bertz CT molecular complexity index is 576. The Hall–Kier alpha value is -2.08. The van der Waals surface area contributed by atoms with Gasteiger partial charge >= 0.3 is 0 Å². The van der Waals surface area contributed by atoms with E-state index in [0.29, 0.717) is 25.9 Å². The fraction of sp³-hybridized carbons (Fsp3) is 0.500. The van der Waals surface area contributed by atoms with Crippen molar-refractivity contribution in [1.82, 2.24) is 15.5 Å². The first-order valence-electron chi connectivity index (χ1n) is 7.64. The van der Waals surface area contributed by atoms with Gasteiger partial charge in [-0.25, -0.2) is 0 Å². The summed E-state index contributed by atoms with van der Waals surface area (Å²) in [6.45, 7) is 2.08. The molecule has 2 aliphatic rings. The number of carbonyl (C=O) groups excluding carboxylic acids is 2. The highest BCUT2D eigenvalue weighted by atomic mass is 16.5. The highest BCUT2D eigenvalue weighted by Crippen LogP contribution is 2.31. The number of amides is 2. The number of nitrogens with one attached hydrogen (secondary N) is 2. The number of piperazine rings is 1. The van der Waals surface area contributed by atoms with Crippen molar-refractivity contribution in [1.29, 1.82) is 0 Å². The van der Waals surface area contributed by atoms with Crippen LogP contribution < -0.4 is 15.4 Å². The normalized spacial score (nSPS) is 25.0. The minimum atomic E-state index is -0.386. The molecule has 1 aromatic rings. The summed E-state index contributed by atoms with van der Waals surface area (Å²) in [6.07, 6.45) is 1.02. The molecule has 2 amide bonds. The van der Waals surface area contributed by atoms with Crippen LogP contribution in [0.1, 0.15) is 24.4 Å². The van der Waals surface area contributed by atoms with Crippen LogP contribution in [0.4, 0.5) is 0 Å². The standard InChI is InChI=1S/C16H21N3O3/c1-22-14-5-3-2-4-11(14)13-10-17-8-9-19(13)16(21)12-6-7-15(20)18-12/h2-5,12-13,17H,6-10H2,1H3,(H,18,20)/t12-,13?/m1/s1. The number of rotatable bonds is 3. The molecule has 0 radical (unpaired) electrons. The van der Waals surface area contributed by atoms with Gasteiger partial charge in [-0.15, -0.1) is 0 Å². The van der Waals surface area contributed by atoms with Gasteiger partial charge < -0.3 is 20.3 Å². The number of hydrogen-bond donors (Lipinski definition) is 2. The van der Waals surface area contributed by atoms with Crippen LogP contribution in [-0.4, -0.2) is 49.5 Å². The molecule has 2 heterocycles. The van der Waals surface area contributed by atoms with Crippen LogP contribution in [0.2, 0.25) is 0 Å². The Balaban J connectivity index is 1.85. The summed E-state index contributed by atoms with van der Waals surface area (Å²) in [4.78, 5) is 26.0. The van der Waals surface area contributed by atoms with Crippen molar-refractivity contribution < 1.29 is 14.3 Å². The molecule has 0 spiro atoms. The number of carbonyl (C=O) groups is 2. The number of nitrogens with zero attached hydrogens (tertiary/aromatic N) is 1. The zero-order chi connectivity index (χ0) is 15.5. The summed E-state index contributed by atoms with van der Waals surface area (Å²) in [5.41, 5.74) is 0.995. The van der Waals surface area contributed by atoms with E-state index in [4.69, 9.17) is 4.74 Å². The van der Waals surface area contributed by atoms with E-state index in [1.807, 2.05) is 29.2 Å². The molecule has 2 saturated heterocycles. The van der Waals surface area contributed by atoms with E-state index in [1.165, 1.54) is 0 Å². The van der Waals surface area contributed by atoms with Gasteiger partial charge in [-0.2, -0.15) is 0 Å². The maximum Gasteiger partial charge on any atom is 0.245 e. The van der Waals surface area contributed by atoms with Crippen LogP contribution in [0.3, 0.4) is 0 Å². The number of para-hydroxylation sites is 1. The first-order valence-corrected chi connectivity index (χ1v) is 7.64. The monoisotopic (exact) mass is 303 g/mol. The fourth-order valence-corrected chi connectivity index (χ4v) is 3.19. The lowest BCUT2D eigenvalue weighted by molar-refractivity contribution is -0.137. The fourth-order valence-electron chi connectivity index (χ4n) is 3.19. The molecule has 2 aliphatic heterocycles. The zero-order valence-electron chi connectivity index (χ0n) is 12.7. The van der Waals surface area contributed by atoms with E-state index >= 15 is 0 Å². The average Bonchev–Trinajstić information content (AvgIpc) is 3.00. The molecule has 6 nitrogen and oxygen atoms in total. The third kappa shape index (κ3) is 2.78. The third-order valence-electron chi connectivity index (χ3n) is 4.32. The largest absolute Gasteiger partial charge is 0.496 e. The van der Waals surface area contributed by atoms with Crippen molar-refractivity contribution in [3.63, 3.8) is 0 Å². The van der Waals surface area contributed by atoms with Crippen LogP contribution in [0.25, 0.3) is 0 Å². The number of methoxy groups -OCH3 is 1. The Morgan fingerprint density at radius 1 is 1.36 bits per heavy atom. The summed E-state index contributed by atoms with van der Waals surface area (Å²) < 4.78 is 5.43. The highest BCUT2D eigenvalue weighted by molar-refractivity contribution is 5.91. The van der Waals surface area contributed by atoms with E-state index in [1.54, 1.807) is 7.11 Å². The molecule has 3 rings (SSSR count). The maximum absolute atomic E-state index is 12.8. The van der Waals surface area contributed by atoms with Crippen molar-refractivity contribution in [3.8, 4) is 5.75 Å². The predicted molar refractivity (Wildman–Crippen MR) is 81.5 cm³/mol. The number of benzene rings is 1. The third-order valence-corrected chi connectivity index (χ3v) is 4.32. The summed E-state index contributed by atoms with van der Waals surface area (Å²) >= 11 is 0. The van der Waals surface area contributed by atoms with Crippen molar-refractivity contribution in [2.75, 3.05) is 26.7 Å². The van der Waals surface area contributed by atoms with Gasteiger partial charge in [0.25, 0.3) is 0 Å². The molecule has 0 bridgehead atoms. The first-order chi connectivity index (χ1) is 10.7. The molecule has 22 heavy (non-hydrogen) atoms. The smallest absolute Gasteiger partial charge is 0.245 e. The molecular formula is C16H21N3O3. The van der Waals surface area contributed by atoms with Gasteiger partial charge in [0.1, 0.15) is 11.8 Å². The predicted octanol–water partition coefficient (Wildman–Crippen LogP) is 0.447. The van der Waals surface area contributed by atoms with Crippen LogP contribution in [-0.2, 0) is 9.59 Å². The van der Waals surface area contributed by atoms with Gasteiger partial charge in [-0.3, -0.25) is 9.59 Å². The Morgan fingerprint density at radius 2 is 2.18 bits per heavy atom. The van der Waals surface area contributed by atoms with Gasteiger partial charge in [-0.05, 0) is 12.5 Å². The van der Waals surface area contributed by atoms with Crippen LogP contribution in [0.15, 0.2) is 24.3 Å². The molecule has 6 heteroatoms. The molecule has 118 valence electrons. The van der Waals surface area contributed by atoms with Gasteiger partial charge in [0.15, 0.2) is 0 Å². The van der Waals surface area contributed by atoms with E-state index in [9.17, 15) is 9.59 Å². The zero-order valence-corrected chi connectivity index (χ0v) is 12.7. The molecule has 0 saturated carbocycles. The number of ether oxygens (including phenoxy) is 1. The van der Waals surface area contributed by atoms with Gasteiger partial charge in [0.05, 0.1) is 13.2 Å². The van der Waals surface area contributed by atoms with Crippen molar-refractivity contribution in [2.24, 2.45) is 0 Å². The lowest BCUT2D eigenvalue weighted by Crippen LogP contribution is -2.53. The molecule has 2 atom stereocenters. The molecule has 2 N–H and O–H groups in total. The number of hydrogen-bond acceptors (Lipinski definition) is 4. The highest BCUT2D eigenvalue weighted by Gasteiger charge is 2.36. The molecule has 1 unspecified atom stereocenters. The topological polar surface area (TPSA) is 70.7 Å². The second kappa shape index (κ2) is 6.36. The molecule has 2 fully saturated rings. The van der Waals surface area contributed by atoms with Crippen LogP contribution in [0, 0.1) is 0 Å². The van der Waals surface area contributed by atoms with E-state index < -0.39 is 0 Å². The molecular weight excluding hydrogens is 282 g/mol. The van der Waals surface area contributed by atoms with Crippen molar-refractivity contribution in [2.45, 2.75) is 24.9 Å². The van der Waals surface area contributed by atoms with Gasteiger partial charge in [-0.1, -0.05) is 18.2 Å². The average molecular weight is 303 g/mol. The summed E-state index contributed by atoms with van der Waals surface area (Å²) in [6, 6.07) is 7.31. The minimum absolute atomic E-state index is 0.00301. The van der Waals surface area contributed by atoms with Crippen LogP contribution >= 0.6 is 0 Å². The first kappa shape index (κ1) is 14.8. The van der Waals surface area contributed by atoms with Crippen LogP contribution in [0.5, 0.6) is 5.75 Å². The van der Waals surface area contributed by atoms with E-state index in [0.717, 1.165) is 17.9 Å². The Labute approximate surface area is 129 Å². The maximum atomic E-state index is 12.8. The van der Waals surface area contributed by atoms with Crippen molar-refractivity contribution in [3.05, 3.63) is 29.8 Å².